The van der Waals surface area contributed by atoms with Crippen molar-refractivity contribution in [2.24, 2.45) is 0 Å². The fourth-order valence-corrected chi connectivity index (χ4v) is 0.771. The molecular weight excluding hydrogens is 152 g/mol. The largest absolute Gasteiger partial charge is 0.369 e. The number of halogens is 1. The lowest BCUT2D eigenvalue weighted by Crippen LogP contribution is -2.13. The molecule has 0 amide bonds. The van der Waals surface area contributed by atoms with Gasteiger partial charge in [0.25, 0.3) is 0 Å². The monoisotopic (exact) mass is 164 g/mol. The van der Waals surface area contributed by atoms with Gasteiger partial charge in [-0.3, -0.25) is 4.79 Å². The normalized spacial score (nSPS) is 10.4. The first-order valence-electron chi connectivity index (χ1n) is 3.50. The average molecular weight is 165 g/mol. The van der Waals surface area contributed by atoms with Crippen LogP contribution in [-0.2, 0) is 9.53 Å². The predicted octanol–water partition coefficient (Wildman–Crippen LogP) is 1.96. The van der Waals surface area contributed by atoms with Gasteiger partial charge in [0.15, 0.2) is 0 Å². The van der Waals surface area contributed by atoms with Crippen LogP contribution in [-0.4, -0.2) is 18.0 Å². The zero-order valence-corrected chi connectivity index (χ0v) is 7.15. The van der Waals surface area contributed by atoms with Gasteiger partial charge in [-0.05, 0) is 24.4 Å². The minimum atomic E-state index is -0.424. The van der Waals surface area contributed by atoms with E-state index in [4.69, 9.17) is 16.3 Å². The molecule has 0 heterocycles. The molecular formula is C7H13ClO2. The van der Waals surface area contributed by atoms with E-state index in [2.05, 4.69) is 0 Å². The van der Waals surface area contributed by atoms with Crippen LogP contribution in [0, 0.1) is 0 Å². The van der Waals surface area contributed by atoms with Crippen molar-refractivity contribution in [2.45, 2.75) is 32.8 Å². The molecule has 0 saturated heterocycles. The molecule has 0 N–H and O–H groups in total. The van der Waals surface area contributed by atoms with Crippen LogP contribution in [0.15, 0.2) is 0 Å². The topological polar surface area (TPSA) is 26.3 Å². The molecule has 0 bridgehead atoms. The lowest BCUT2D eigenvalue weighted by atomic mass is 10.2. The maximum Gasteiger partial charge on any atom is 0.247 e. The second-order valence-corrected chi connectivity index (χ2v) is 2.53. The van der Waals surface area contributed by atoms with Gasteiger partial charge in [-0.2, -0.15) is 0 Å². The fourth-order valence-electron chi connectivity index (χ4n) is 0.708. The van der Waals surface area contributed by atoms with Crippen molar-refractivity contribution < 1.29 is 9.53 Å². The lowest BCUT2D eigenvalue weighted by molar-refractivity contribution is -0.117. The van der Waals surface area contributed by atoms with E-state index < -0.39 is 5.24 Å². The summed E-state index contributed by atoms with van der Waals surface area (Å²) in [6, 6.07) is 0. The van der Waals surface area contributed by atoms with Crippen LogP contribution in [0.4, 0.5) is 0 Å². The van der Waals surface area contributed by atoms with Crippen molar-refractivity contribution in [3.05, 3.63) is 0 Å². The third-order valence-electron chi connectivity index (χ3n) is 1.34. The average Bonchev–Trinajstić information content (AvgIpc) is 1.90. The zero-order chi connectivity index (χ0) is 7.98. The number of rotatable bonds is 5. The van der Waals surface area contributed by atoms with Crippen molar-refractivity contribution in [1.82, 2.24) is 0 Å². The highest BCUT2D eigenvalue weighted by atomic mass is 35.5. The van der Waals surface area contributed by atoms with Crippen LogP contribution in [0.1, 0.15) is 26.7 Å². The number of ether oxygens (including phenoxy) is 1. The molecule has 0 aromatic rings. The highest BCUT2D eigenvalue weighted by Crippen LogP contribution is 2.02. The zero-order valence-electron chi connectivity index (χ0n) is 6.39. The third kappa shape index (κ3) is 4.77. The molecule has 3 heteroatoms. The van der Waals surface area contributed by atoms with E-state index in [-0.39, 0.29) is 12.7 Å². The summed E-state index contributed by atoms with van der Waals surface area (Å²) in [6.45, 7) is 4.08. The molecule has 10 heavy (non-hydrogen) atoms. The van der Waals surface area contributed by atoms with Gasteiger partial charge in [0, 0.05) is 0 Å². The van der Waals surface area contributed by atoms with Gasteiger partial charge in [-0.15, -0.1) is 0 Å². The van der Waals surface area contributed by atoms with Gasteiger partial charge < -0.3 is 4.74 Å². The molecule has 0 aliphatic carbocycles. The maximum absolute atomic E-state index is 10.2. The lowest BCUT2D eigenvalue weighted by Gasteiger charge is -2.10. The second kappa shape index (κ2) is 5.69. The number of hydrogen-bond acceptors (Lipinski definition) is 2. The molecule has 2 nitrogen and oxygen atoms in total. The SMILES string of the molecule is CCC(CC)OCC(=O)Cl. The van der Waals surface area contributed by atoms with Crippen molar-refractivity contribution in [3.8, 4) is 0 Å². The van der Waals surface area contributed by atoms with E-state index in [9.17, 15) is 4.79 Å². The Labute approximate surface area is 66.5 Å². The minimum Gasteiger partial charge on any atom is -0.369 e. The molecule has 0 aliphatic rings. The van der Waals surface area contributed by atoms with Gasteiger partial charge in [0.1, 0.15) is 6.61 Å². The summed E-state index contributed by atoms with van der Waals surface area (Å²) >= 11 is 5.07. The first-order valence-corrected chi connectivity index (χ1v) is 3.88. The smallest absolute Gasteiger partial charge is 0.247 e. The molecule has 0 atom stereocenters. The molecule has 0 aliphatic heterocycles. The minimum absolute atomic E-state index is 0.0356. The molecule has 60 valence electrons. The van der Waals surface area contributed by atoms with Gasteiger partial charge in [-0.25, -0.2) is 0 Å². The Morgan fingerprint density at radius 1 is 1.50 bits per heavy atom. The molecule has 0 aromatic carbocycles. The Morgan fingerprint density at radius 2 is 2.00 bits per heavy atom. The van der Waals surface area contributed by atoms with Crippen LogP contribution < -0.4 is 0 Å². The summed E-state index contributed by atoms with van der Waals surface area (Å²) < 4.78 is 5.12. The van der Waals surface area contributed by atoms with Crippen molar-refractivity contribution in [3.63, 3.8) is 0 Å². The quantitative estimate of drug-likeness (QED) is 0.581. The molecule has 0 fully saturated rings. The predicted molar refractivity (Wildman–Crippen MR) is 41.2 cm³/mol. The van der Waals surface area contributed by atoms with E-state index in [0.29, 0.717) is 0 Å². The molecule has 0 rings (SSSR count). The number of carbonyl (C=O) groups is 1. The van der Waals surface area contributed by atoms with Crippen LogP contribution in [0.25, 0.3) is 0 Å². The summed E-state index contributed by atoms with van der Waals surface area (Å²) in [4.78, 5) is 10.2. The van der Waals surface area contributed by atoms with E-state index in [0.717, 1.165) is 12.8 Å². The van der Waals surface area contributed by atoms with Gasteiger partial charge >= 0.3 is 0 Å². The third-order valence-corrected chi connectivity index (χ3v) is 1.45. The maximum atomic E-state index is 10.2. The van der Waals surface area contributed by atoms with Crippen molar-refractivity contribution >= 4 is 16.8 Å². The molecule has 0 unspecified atom stereocenters. The Balaban J connectivity index is 3.34. The van der Waals surface area contributed by atoms with Crippen LogP contribution in [0.3, 0.4) is 0 Å². The van der Waals surface area contributed by atoms with Crippen LogP contribution >= 0.6 is 11.6 Å². The summed E-state index contributed by atoms with van der Waals surface area (Å²) in [5.74, 6) is 0. The summed E-state index contributed by atoms with van der Waals surface area (Å²) in [5.41, 5.74) is 0. The standard InChI is InChI=1S/C7H13ClO2/c1-3-6(4-2)10-5-7(8)9/h6H,3-5H2,1-2H3. The molecule has 0 spiro atoms. The number of carbonyl (C=O) groups excluding carboxylic acids is 1. The summed E-state index contributed by atoms with van der Waals surface area (Å²) in [6.07, 6.45) is 2.05. The van der Waals surface area contributed by atoms with Crippen LogP contribution in [0.2, 0.25) is 0 Å². The Hall–Kier alpha value is -0.0800. The highest BCUT2D eigenvalue weighted by Gasteiger charge is 2.04. The van der Waals surface area contributed by atoms with E-state index in [1.807, 2.05) is 13.8 Å². The van der Waals surface area contributed by atoms with E-state index in [1.165, 1.54) is 0 Å². The highest BCUT2D eigenvalue weighted by molar-refractivity contribution is 6.63. The van der Waals surface area contributed by atoms with Crippen LogP contribution in [0.5, 0.6) is 0 Å². The van der Waals surface area contributed by atoms with Gasteiger partial charge in [0.05, 0.1) is 6.10 Å². The molecule has 0 radical (unpaired) electrons. The summed E-state index contributed by atoms with van der Waals surface area (Å²) in [5, 5.41) is -0.424. The van der Waals surface area contributed by atoms with Gasteiger partial charge in [0.2, 0.25) is 5.24 Å². The van der Waals surface area contributed by atoms with Crippen molar-refractivity contribution in [1.29, 1.82) is 0 Å². The molecule has 0 aromatic heterocycles. The van der Waals surface area contributed by atoms with Gasteiger partial charge in [-0.1, -0.05) is 13.8 Å². The van der Waals surface area contributed by atoms with Crippen molar-refractivity contribution in [2.75, 3.05) is 6.61 Å². The summed E-state index contributed by atoms with van der Waals surface area (Å²) in [7, 11) is 0. The van der Waals surface area contributed by atoms with E-state index >= 15 is 0 Å². The first-order chi connectivity index (χ1) is 4.70. The fraction of sp³-hybridized carbons (Fsp3) is 0.857. The number of hydrogen-bond donors (Lipinski definition) is 0. The Morgan fingerprint density at radius 3 is 2.30 bits per heavy atom. The van der Waals surface area contributed by atoms with E-state index in [1.54, 1.807) is 0 Å². The first kappa shape index (κ1) is 9.92. The second-order valence-electron chi connectivity index (χ2n) is 2.10. The molecule has 0 saturated carbocycles. The Bertz CT molecular complexity index is 99.8. The Kier molecular flexibility index (Phi) is 5.64.